The van der Waals surface area contributed by atoms with Gasteiger partial charge < -0.3 is 24.4 Å². The number of rotatable bonds is 5. The van der Waals surface area contributed by atoms with Crippen LogP contribution in [0, 0.1) is 5.92 Å². The molecule has 1 aromatic rings. The monoisotopic (exact) mass is 392 g/mol. The molecule has 1 saturated heterocycles. The van der Waals surface area contributed by atoms with Gasteiger partial charge in [-0.15, -0.1) is 0 Å². The largest absolute Gasteiger partial charge is 0.497 e. The molecule has 1 aromatic carbocycles. The third kappa shape index (κ3) is 4.94. The summed E-state index contributed by atoms with van der Waals surface area (Å²) in [6.45, 7) is 7.17. The van der Waals surface area contributed by atoms with Crippen LogP contribution in [0.4, 0.5) is 4.79 Å². The van der Waals surface area contributed by atoms with Crippen molar-refractivity contribution in [1.82, 2.24) is 10.2 Å². The molecular weight excluding hydrogens is 364 g/mol. The lowest BCUT2D eigenvalue weighted by Gasteiger charge is -2.25. The summed E-state index contributed by atoms with van der Waals surface area (Å²) in [6.07, 6.45) is -0.751. The van der Waals surface area contributed by atoms with Crippen LogP contribution in [0.25, 0.3) is 0 Å². The first kappa shape index (κ1) is 21.5. The predicted molar refractivity (Wildman–Crippen MR) is 102 cm³/mol. The van der Waals surface area contributed by atoms with Crippen molar-refractivity contribution < 1.29 is 28.6 Å². The highest BCUT2D eigenvalue weighted by atomic mass is 16.6. The third-order valence-corrected chi connectivity index (χ3v) is 4.59. The van der Waals surface area contributed by atoms with Crippen LogP contribution >= 0.6 is 0 Å². The van der Waals surface area contributed by atoms with Gasteiger partial charge in [-0.3, -0.25) is 9.59 Å². The second-order valence-corrected chi connectivity index (χ2v) is 7.69. The smallest absolute Gasteiger partial charge is 0.408 e. The first-order valence-electron chi connectivity index (χ1n) is 9.09. The van der Waals surface area contributed by atoms with Crippen molar-refractivity contribution in [3.8, 4) is 5.75 Å². The maximum Gasteiger partial charge on any atom is 0.408 e. The quantitative estimate of drug-likeness (QED) is 0.773. The Labute approximate surface area is 165 Å². The van der Waals surface area contributed by atoms with Crippen LogP contribution in [0.3, 0.4) is 0 Å². The zero-order chi connectivity index (χ0) is 21.1. The Kier molecular flexibility index (Phi) is 6.53. The fourth-order valence-corrected chi connectivity index (χ4v) is 3.13. The van der Waals surface area contributed by atoms with E-state index < -0.39 is 29.6 Å². The molecule has 1 N–H and O–H groups in total. The second-order valence-electron chi connectivity index (χ2n) is 7.69. The SMILES string of the molecule is COC(=O)[C@@H]1CN([C@@H](C)c2ccc(OC)cc2)C(=O)[C@H]1NC(=O)OC(C)(C)C. The van der Waals surface area contributed by atoms with Crippen LogP contribution in [0.15, 0.2) is 24.3 Å². The van der Waals surface area contributed by atoms with Crippen molar-refractivity contribution in [2.24, 2.45) is 5.92 Å². The van der Waals surface area contributed by atoms with E-state index in [1.54, 1.807) is 44.9 Å². The van der Waals surface area contributed by atoms with Crippen LogP contribution in [0.1, 0.15) is 39.3 Å². The molecule has 1 aliphatic rings. The lowest BCUT2D eigenvalue weighted by molar-refractivity contribution is -0.146. The first-order chi connectivity index (χ1) is 13.1. The molecule has 0 unspecified atom stereocenters. The topological polar surface area (TPSA) is 94.2 Å². The highest BCUT2D eigenvalue weighted by Gasteiger charge is 2.48. The van der Waals surface area contributed by atoms with Crippen molar-refractivity contribution in [1.29, 1.82) is 0 Å². The number of methoxy groups -OCH3 is 2. The second kappa shape index (κ2) is 8.50. The molecule has 8 nitrogen and oxygen atoms in total. The molecule has 0 aromatic heterocycles. The summed E-state index contributed by atoms with van der Waals surface area (Å²) in [5, 5.41) is 2.53. The number of ether oxygens (including phenoxy) is 3. The molecule has 3 atom stereocenters. The van der Waals surface area contributed by atoms with Gasteiger partial charge in [0.2, 0.25) is 5.91 Å². The Bertz CT molecular complexity index is 725. The number of hydrogen-bond acceptors (Lipinski definition) is 6. The molecule has 0 saturated carbocycles. The Morgan fingerprint density at radius 1 is 1.18 bits per heavy atom. The van der Waals surface area contributed by atoms with E-state index in [1.807, 2.05) is 19.1 Å². The molecule has 2 amide bonds. The molecular formula is C20H28N2O6. The number of hydrogen-bond donors (Lipinski definition) is 1. The average Bonchev–Trinajstić information content (AvgIpc) is 2.95. The van der Waals surface area contributed by atoms with Crippen molar-refractivity contribution in [2.45, 2.75) is 45.4 Å². The van der Waals surface area contributed by atoms with Gasteiger partial charge >= 0.3 is 12.1 Å². The van der Waals surface area contributed by atoms with Crippen LogP contribution in [-0.4, -0.2) is 55.3 Å². The summed E-state index contributed by atoms with van der Waals surface area (Å²) in [5.41, 5.74) is 0.165. The average molecular weight is 392 g/mol. The van der Waals surface area contributed by atoms with Gasteiger partial charge in [-0.1, -0.05) is 12.1 Å². The molecule has 1 fully saturated rings. The van der Waals surface area contributed by atoms with E-state index in [-0.39, 0.29) is 18.5 Å². The lowest BCUT2D eigenvalue weighted by atomic mass is 10.0. The summed E-state index contributed by atoms with van der Waals surface area (Å²) < 4.78 is 15.2. The van der Waals surface area contributed by atoms with Gasteiger partial charge in [0.05, 0.1) is 20.3 Å². The van der Waals surface area contributed by atoms with Crippen molar-refractivity contribution in [2.75, 3.05) is 20.8 Å². The fraction of sp³-hybridized carbons (Fsp3) is 0.550. The van der Waals surface area contributed by atoms with Gasteiger partial charge in [0.15, 0.2) is 0 Å². The molecule has 8 heteroatoms. The van der Waals surface area contributed by atoms with Gasteiger partial charge in [0.25, 0.3) is 0 Å². The number of likely N-dealkylation sites (tertiary alicyclic amines) is 1. The van der Waals surface area contributed by atoms with Crippen molar-refractivity contribution >= 4 is 18.0 Å². The summed E-state index contributed by atoms with van der Waals surface area (Å²) in [7, 11) is 2.84. The zero-order valence-electron chi connectivity index (χ0n) is 17.1. The number of amides is 2. The van der Waals surface area contributed by atoms with E-state index in [9.17, 15) is 14.4 Å². The van der Waals surface area contributed by atoms with E-state index >= 15 is 0 Å². The van der Waals surface area contributed by atoms with E-state index in [2.05, 4.69) is 5.32 Å². The number of nitrogens with zero attached hydrogens (tertiary/aromatic N) is 1. The highest BCUT2D eigenvalue weighted by Crippen LogP contribution is 2.30. The van der Waals surface area contributed by atoms with Crippen molar-refractivity contribution in [3.63, 3.8) is 0 Å². The van der Waals surface area contributed by atoms with Gasteiger partial charge in [-0.05, 0) is 45.4 Å². The maximum atomic E-state index is 13.0. The van der Waals surface area contributed by atoms with Gasteiger partial charge in [-0.2, -0.15) is 0 Å². The fourth-order valence-electron chi connectivity index (χ4n) is 3.13. The standard InChI is InChI=1S/C20H28N2O6/c1-12(13-7-9-14(26-5)10-8-13)22-11-15(18(24)27-6)16(17(22)23)21-19(25)28-20(2,3)4/h7-10,12,15-16H,11H2,1-6H3,(H,21,25)/t12-,15+,16-/m0/s1. The normalized spacial score (nSPS) is 20.5. The molecule has 28 heavy (non-hydrogen) atoms. The van der Waals surface area contributed by atoms with E-state index in [4.69, 9.17) is 14.2 Å². The van der Waals surface area contributed by atoms with Crippen LogP contribution in [0.5, 0.6) is 5.75 Å². The third-order valence-electron chi connectivity index (χ3n) is 4.59. The first-order valence-corrected chi connectivity index (χ1v) is 9.09. The van der Waals surface area contributed by atoms with E-state index in [0.717, 1.165) is 5.56 Å². The maximum absolute atomic E-state index is 13.0. The molecule has 1 heterocycles. The van der Waals surface area contributed by atoms with Crippen LogP contribution in [-0.2, 0) is 19.1 Å². The highest BCUT2D eigenvalue weighted by molar-refractivity contribution is 5.94. The Hall–Kier alpha value is -2.77. The number of nitrogens with one attached hydrogen (secondary N) is 1. The van der Waals surface area contributed by atoms with Gasteiger partial charge in [0.1, 0.15) is 23.3 Å². The van der Waals surface area contributed by atoms with Gasteiger partial charge in [-0.25, -0.2) is 4.79 Å². The molecule has 0 spiro atoms. The number of carbonyl (C=O) groups is 3. The van der Waals surface area contributed by atoms with Crippen LogP contribution < -0.4 is 10.1 Å². The Balaban J connectivity index is 2.21. The Morgan fingerprint density at radius 3 is 2.29 bits per heavy atom. The number of alkyl carbamates (subject to hydrolysis) is 1. The zero-order valence-corrected chi connectivity index (χ0v) is 17.1. The summed E-state index contributed by atoms with van der Waals surface area (Å²) in [6, 6.07) is 6.00. The molecule has 1 aliphatic heterocycles. The number of esters is 1. The van der Waals surface area contributed by atoms with Gasteiger partial charge in [0, 0.05) is 6.54 Å². The minimum absolute atomic E-state index is 0.138. The van der Waals surface area contributed by atoms with Crippen molar-refractivity contribution in [3.05, 3.63) is 29.8 Å². The van der Waals surface area contributed by atoms with E-state index in [1.165, 1.54) is 7.11 Å². The number of carbonyl (C=O) groups excluding carboxylic acids is 3. The minimum Gasteiger partial charge on any atom is -0.497 e. The molecule has 2 rings (SSSR count). The molecule has 0 bridgehead atoms. The molecule has 154 valence electrons. The molecule has 0 aliphatic carbocycles. The van der Waals surface area contributed by atoms with E-state index in [0.29, 0.717) is 5.75 Å². The minimum atomic E-state index is -1.04. The summed E-state index contributed by atoms with van der Waals surface area (Å²) >= 11 is 0. The summed E-state index contributed by atoms with van der Waals surface area (Å²) in [5.74, 6) is -1.02. The number of benzene rings is 1. The Morgan fingerprint density at radius 2 is 1.79 bits per heavy atom. The lowest BCUT2D eigenvalue weighted by Crippen LogP contribution is -2.47. The summed E-state index contributed by atoms with van der Waals surface area (Å²) in [4.78, 5) is 38.9. The predicted octanol–water partition coefficient (Wildman–Crippen LogP) is 2.28. The van der Waals surface area contributed by atoms with Crippen LogP contribution in [0.2, 0.25) is 0 Å². The molecule has 0 radical (unpaired) electrons.